The van der Waals surface area contributed by atoms with E-state index in [1.54, 1.807) is 0 Å². The van der Waals surface area contributed by atoms with Crippen molar-refractivity contribution in [2.75, 3.05) is 6.54 Å². The molecule has 1 aromatic carbocycles. The number of nitrogens with two attached hydrogens (primary N) is 1. The highest BCUT2D eigenvalue weighted by atomic mass is 79.9. The van der Waals surface area contributed by atoms with Gasteiger partial charge in [-0.15, -0.1) is 25.8 Å². The molecular formula is C11H13BrF3NO2S. The van der Waals surface area contributed by atoms with Crippen molar-refractivity contribution >= 4 is 28.6 Å². The van der Waals surface area contributed by atoms with E-state index in [0.717, 1.165) is 6.07 Å². The highest BCUT2D eigenvalue weighted by Crippen LogP contribution is 2.35. The number of benzene rings is 1. The lowest BCUT2D eigenvalue weighted by Crippen LogP contribution is -2.21. The van der Waals surface area contributed by atoms with Crippen molar-refractivity contribution in [1.29, 1.82) is 0 Å². The van der Waals surface area contributed by atoms with Crippen LogP contribution >= 0.6 is 28.6 Å². The van der Waals surface area contributed by atoms with Gasteiger partial charge in [-0.3, -0.25) is 0 Å². The Morgan fingerprint density at radius 1 is 1.42 bits per heavy atom. The number of halogens is 4. The molecule has 0 saturated carbocycles. The van der Waals surface area contributed by atoms with Gasteiger partial charge >= 0.3 is 6.36 Å². The first-order valence-corrected chi connectivity index (χ1v) is 6.62. The second-order valence-electron chi connectivity index (χ2n) is 3.89. The van der Waals surface area contributed by atoms with Gasteiger partial charge in [-0.1, -0.05) is 15.9 Å². The zero-order chi connectivity index (χ0) is 14.6. The van der Waals surface area contributed by atoms with E-state index in [2.05, 4.69) is 33.3 Å². The summed E-state index contributed by atoms with van der Waals surface area (Å²) in [4.78, 5) is 0.322. The number of hydrogen-bond acceptors (Lipinski definition) is 4. The molecular weight excluding hydrogens is 347 g/mol. The maximum atomic E-state index is 12.3. The summed E-state index contributed by atoms with van der Waals surface area (Å²) in [7, 11) is 0. The lowest BCUT2D eigenvalue weighted by atomic mass is 10.0. The molecule has 108 valence electrons. The van der Waals surface area contributed by atoms with Crippen molar-refractivity contribution in [2.24, 2.45) is 5.73 Å². The Bertz CT molecular complexity index is 443. The molecule has 0 aromatic heterocycles. The van der Waals surface area contributed by atoms with Gasteiger partial charge in [0.2, 0.25) is 0 Å². The van der Waals surface area contributed by atoms with Gasteiger partial charge in [0.25, 0.3) is 0 Å². The van der Waals surface area contributed by atoms with Crippen molar-refractivity contribution in [3.8, 4) is 5.75 Å². The van der Waals surface area contributed by atoms with E-state index >= 15 is 0 Å². The van der Waals surface area contributed by atoms with Gasteiger partial charge < -0.3 is 15.6 Å². The molecule has 3 nitrogen and oxygen atoms in total. The van der Waals surface area contributed by atoms with E-state index in [4.69, 9.17) is 5.73 Å². The highest BCUT2D eigenvalue weighted by molar-refractivity contribution is 9.10. The van der Waals surface area contributed by atoms with Gasteiger partial charge in [0.05, 0.1) is 6.10 Å². The summed E-state index contributed by atoms with van der Waals surface area (Å²) >= 11 is 7.14. The first-order valence-electron chi connectivity index (χ1n) is 5.38. The number of thiol groups is 1. The minimum Gasteiger partial charge on any atom is -0.405 e. The fourth-order valence-corrected chi connectivity index (χ4v) is 2.57. The van der Waals surface area contributed by atoms with Crippen molar-refractivity contribution in [3.63, 3.8) is 0 Å². The molecule has 3 N–H and O–H groups in total. The van der Waals surface area contributed by atoms with Crippen LogP contribution in [0.1, 0.15) is 12.0 Å². The van der Waals surface area contributed by atoms with Gasteiger partial charge in [0.1, 0.15) is 5.75 Å². The molecule has 0 aliphatic rings. The predicted molar refractivity (Wildman–Crippen MR) is 71.5 cm³/mol. The van der Waals surface area contributed by atoms with Gasteiger partial charge in [0, 0.05) is 21.4 Å². The van der Waals surface area contributed by atoms with Crippen LogP contribution in [-0.2, 0) is 6.42 Å². The Balaban J connectivity index is 3.06. The minimum atomic E-state index is -4.80. The molecule has 0 aliphatic carbocycles. The maximum absolute atomic E-state index is 12.3. The van der Waals surface area contributed by atoms with Crippen LogP contribution in [0.3, 0.4) is 0 Å². The fourth-order valence-electron chi connectivity index (χ4n) is 1.54. The molecule has 0 radical (unpaired) electrons. The van der Waals surface area contributed by atoms with Crippen LogP contribution in [0.15, 0.2) is 21.5 Å². The van der Waals surface area contributed by atoms with Crippen LogP contribution in [-0.4, -0.2) is 24.1 Å². The highest BCUT2D eigenvalue weighted by Gasteiger charge is 2.32. The number of hydrogen-bond donors (Lipinski definition) is 3. The monoisotopic (exact) mass is 359 g/mol. The minimum absolute atomic E-state index is 0.0112. The Morgan fingerprint density at radius 3 is 2.58 bits per heavy atom. The number of rotatable bonds is 5. The van der Waals surface area contributed by atoms with E-state index in [0.29, 0.717) is 15.8 Å². The summed E-state index contributed by atoms with van der Waals surface area (Å²) in [5.41, 5.74) is 5.52. The Labute approximate surface area is 122 Å². The van der Waals surface area contributed by atoms with E-state index < -0.39 is 12.5 Å². The summed E-state index contributed by atoms with van der Waals surface area (Å²) in [5.74, 6) is -0.372. The van der Waals surface area contributed by atoms with E-state index in [-0.39, 0.29) is 24.3 Å². The normalized spacial score (nSPS) is 13.4. The molecule has 0 aliphatic heterocycles. The van der Waals surface area contributed by atoms with E-state index in [9.17, 15) is 18.3 Å². The Morgan fingerprint density at radius 2 is 2.05 bits per heavy atom. The lowest BCUT2D eigenvalue weighted by Gasteiger charge is -2.17. The van der Waals surface area contributed by atoms with Crippen molar-refractivity contribution in [3.05, 3.63) is 22.2 Å². The molecule has 0 spiro atoms. The topological polar surface area (TPSA) is 55.5 Å². The molecule has 0 heterocycles. The van der Waals surface area contributed by atoms with Gasteiger partial charge in [-0.2, -0.15) is 0 Å². The summed E-state index contributed by atoms with van der Waals surface area (Å²) in [6.45, 7) is 0.249. The molecule has 8 heteroatoms. The lowest BCUT2D eigenvalue weighted by molar-refractivity contribution is -0.275. The standard InChI is InChI=1S/C11H13BrF3NO2S/c12-9-4-7(19)5-10(18-11(13,14)15)8(9)3-6(17)1-2-16/h4-6,17,19H,1-3,16H2. The van der Waals surface area contributed by atoms with Crippen LogP contribution in [0.25, 0.3) is 0 Å². The number of ether oxygens (including phenoxy) is 1. The maximum Gasteiger partial charge on any atom is 0.573 e. The summed E-state index contributed by atoms with van der Waals surface area (Å²) in [6.07, 6.45) is -5.32. The molecule has 0 amide bonds. The molecule has 1 rings (SSSR count). The largest absolute Gasteiger partial charge is 0.573 e. The third kappa shape index (κ3) is 5.60. The predicted octanol–water partition coefficient (Wildman–Crippen LogP) is 2.89. The van der Waals surface area contributed by atoms with Gasteiger partial charge in [0.15, 0.2) is 0 Å². The molecule has 1 unspecified atom stereocenters. The van der Waals surface area contributed by atoms with E-state index in [1.165, 1.54) is 6.07 Å². The average Bonchev–Trinajstić information content (AvgIpc) is 2.21. The first kappa shape index (κ1) is 16.6. The van der Waals surface area contributed by atoms with Crippen molar-refractivity contribution < 1.29 is 23.0 Å². The van der Waals surface area contributed by atoms with Gasteiger partial charge in [-0.25, -0.2) is 0 Å². The Hall–Kier alpha value is -0.440. The summed E-state index contributed by atoms with van der Waals surface area (Å²) < 4.78 is 41.3. The van der Waals surface area contributed by atoms with Crippen LogP contribution in [0.5, 0.6) is 5.75 Å². The third-order valence-corrected chi connectivity index (χ3v) is 3.27. The third-order valence-electron chi connectivity index (χ3n) is 2.30. The van der Waals surface area contributed by atoms with Crippen molar-refractivity contribution in [2.45, 2.75) is 30.2 Å². The van der Waals surface area contributed by atoms with Crippen LogP contribution in [0.2, 0.25) is 0 Å². The smallest absolute Gasteiger partial charge is 0.405 e. The molecule has 0 saturated heterocycles. The van der Waals surface area contributed by atoms with Crippen molar-refractivity contribution in [1.82, 2.24) is 0 Å². The fraction of sp³-hybridized carbons (Fsp3) is 0.455. The van der Waals surface area contributed by atoms with Crippen LogP contribution in [0.4, 0.5) is 13.2 Å². The quantitative estimate of drug-likeness (QED) is 0.708. The van der Waals surface area contributed by atoms with E-state index in [1.807, 2.05) is 0 Å². The van der Waals surface area contributed by atoms with Gasteiger partial charge in [-0.05, 0) is 25.1 Å². The molecule has 1 atom stereocenters. The average molecular weight is 360 g/mol. The van der Waals surface area contributed by atoms with Crippen LogP contribution < -0.4 is 10.5 Å². The zero-order valence-electron chi connectivity index (χ0n) is 9.75. The first-order chi connectivity index (χ1) is 8.73. The number of aliphatic hydroxyl groups excluding tert-OH is 1. The van der Waals surface area contributed by atoms with Crippen LogP contribution in [0, 0.1) is 0 Å². The number of aliphatic hydroxyl groups is 1. The number of alkyl halides is 3. The summed E-state index contributed by atoms with van der Waals surface area (Å²) in [6, 6.07) is 2.70. The second kappa shape index (κ2) is 6.83. The SMILES string of the molecule is NCCC(O)Cc1c(Br)cc(S)cc1OC(F)(F)F. The molecule has 0 bridgehead atoms. The zero-order valence-corrected chi connectivity index (χ0v) is 12.2. The molecule has 0 fully saturated rings. The Kier molecular flexibility index (Phi) is 5.97. The summed E-state index contributed by atoms with van der Waals surface area (Å²) in [5, 5.41) is 9.66. The second-order valence-corrected chi connectivity index (χ2v) is 5.26. The molecule has 19 heavy (non-hydrogen) atoms. The molecule has 1 aromatic rings.